The van der Waals surface area contributed by atoms with E-state index in [1.54, 1.807) is 25.1 Å². The van der Waals surface area contributed by atoms with E-state index < -0.39 is 28.5 Å². The summed E-state index contributed by atoms with van der Waals surface area (Å²) >= 11 is 18.4. The van der Waals surface area contributed by atoms with Gasteiger partial charge in [0.2, 0.25) is 11.8 Å². The number of hydrogen-bond acceptors (Lipinski definition) is 6. The summed E-state index contributed by atoms with van der Waals surface area (Å²) in [6.07, 6.45) is 0. The maximum Gasteiger partial charge on any atom is 0.264 e. The molecule has 9 nitrogen and oxygen atoms in total. The molecule has 0 saturated carbocycles. The smallest absolute Gasteiger partial charge is 0.264 e. The van der Waals surface area contributed by atoms with Crippen molar-refractivity contribution in [2.45, 2.75) is 38.3 Å². The number of methoxy groups -OCH3 is 2. The maximum atomic E-state index is 14.1. The van der Waals surface area contributed by atoms with E-state index in [0.29, 0.717) is 27.9 Å². The third-order valence-electron chi connectivity index (χ3n) is 6.53. The van der Waals surface area contributed by atoms with E-state index >= 15 is 0 Å². The number of anilines is 1. The first-order valence-corrected chi connectivity index (χ1v) is 15.9. The minimum absolute atomic E-state index is 0.0309. The number of carbonyl (C=O) groups is 2. The lowest BCUT2D eigenvalue weighted by Crippen LogP contribution is -2.51. The quantitative estimate of drug-likeness (QED) is 0.238. The maximum absolute atomic E-state index is 14.1. The molecule has 1 atom stereocenters. The fourth-order valence-electron chi connectivity index (χ4n) is 4.11. The first-order valence-electron chi connectivity index (χ1n) is 13.3. The Morgan fingerprint density at radius 3 is 2.09 bits per heavy atom. The van der Waals surface area contributed by atoms with Crippen LogP contribution in [0, 0.1) is 5.92 Å². The molecule has 0 radical (unpaired) electrons. The van der Waals surface area contributed by atoms with E-state index in [-0.39, 0.29) is 39.7 Å². The van der Waals surface area contributed by atoms with Crippen molar-refractivity contribution in [3.63, 3.8) is 0 Å². The molecule has 232 valence electrons. The van der Waals surface area contributed by atoms with Crippen molar-refractivity contribution in [2.75, 3.05) is 31.6 Å². The Hall–Kier alpha value is -3.18. The predicted molar refractivity (Wildman–Crippen MR) is 170 cm³/mol. The number of nitrogens with zero attached hydrogens (tertiary/aromatic N) is 2. The van der Waals surface area contributed by atoms with Crippen LogP contribution < -0.4 is 19.1 Å². The van der Waals surface area contributed by atoms with Crippen molar-refractivity contribution >= 4 is 62.3 Å². The molecule has 3 rings (SSSR count). The van der Waals surface area contributed by atoms with E-state index in [4.69, 9.17) is 44.3 Å². The minimum Gasteiger partial charge on any atom is -0.493 e. The molecule has 3 aromatic rings. The SMILES string of the molecule is COc1ccc(S(=O)(=O)N(CC(=O)N(Cc2ccc(Cl)c(Cl)c2)[C@@H](C)C(=O)NCC(C)C)c2ccc(Cl)cc2)cc1OC. The molecule has 0 saturated heterocycles. The Bertz CT molecular complexity index is 1550. The van der Waals surface area contributed by atoms with Crippen LogP contribution >= 0.6 is 34.8 Å². The second kappa shape index (κ2) is 15.0. The van der Waals surface area contributed by atoms with Crippen LogP contribution in [0.15, 0.2) is 65.6 Å². The van der Waals surface area contributed by atoms with E-state index in [2.05, 4.69) is 5.32 Å². The van der Waals surface area contributed by atoms with Crippen LogP contribution in [0.4, 0.5) is 5.69 Å². The topological polar surface area (TPSA) is 105 Å². The van der Waals surface area contributed by atoms with Gasteiger partial charge in [-0.15, -0.1) is 0 Å². The molecule has 2 amide bonds. The highest BCUT2D eigenvalue weighted by Crippen LogP contribution is 2.33. The number of benzene rings is 3. The zero-order chi connectivity index (χ0) is 31.9. The molecule has 0 unspecified atom stereocenters. The van der Waals surface area contributed by atoms with Crippen LogP contribution in [0.2, 0.25) is 15.1 Å². The number of ether oxygens (including phenoxy) is 2. The summed E-state index contributed by atoms with van der Waals surface area (Å²) in [4.78, 5) is 28.3. The molecule has 0 heterocycles. The van der Waals surface area contributed by atoms with E-state index in [9.17, 15) is 18.0 Å². The lowest BCUT2D eigenvalue weighted by atomic mass is 10.1. The lowest BCUT2D eigenvalue weighted by Gasteiger charge is -2.32. The van der Waals surface area contributed by atoms with Crippen LogP contribution in [0.5, 0.6) is 11.5 Å². The van der Waals surface area contributed by atoms with Gasteiger partial charge in [-0.25, -0.2) is 8.42 Å². The highest BCUT2D eigenvalue weighted by atomic mass is 35.5. The normalized spacial score (nSPS) is 12.0. The highest BCUT2D eigenvalue weighted by Gasteiger charge is 2.33. The van der Waals surface area contributed by atoms with Crippen LogP contribution in [0.25, 0.3) is 0 Å². The van der Waals surface area contributed by atoms with E-state index in [1.165, 1.54) is 61.6 Å². The van der Waals surface area contributed by atoms with Gasteiger partial charge in [0.1, 0.15) is 12.6 Å². The zero-order valence-electron chi connectivity index (χ0n) is 24.4. The second-order valence-corrected chi connectivity index (χ2v) is 13.2. The van der Waals surface area contributed by atoms with Gasteiger partial charge in [0.05, 0.1) is 34.8 Å². The number of rotatable bonds is 13. The summed E-state index contributed by atoms with van der Waals surface area (Å²) in [6, 6.07) is 14.1. The van der Waals surface area contributed by atoms with Crippen LogP contribution in [-0.2, 0) is 26.2 Å². The summed E-state index contributed by atoms with van der Waals surface area (Å²) in [5.41, 5.74) is 0.797. The van der Waals surface area contributed by atoms with Crippen LogP contribution in [0.3, 0.4) is 0 Å². The number of halogens is 3. The first kappa shape index (κ1) is 34.3. The van der Waals surface area contributed by atoms with E-state index in [1.807, 2.05) is 13.8 Å². The predicted octanol–water partition coefficient (Wildman–Crippen LogP) is 6.05. The molecular formula is C30H34Cl3N3O6S. The van der Waals surface area contributed by atoms with Crippen molar-refractivity contribution in [1.29, 1.82) is 0 Å². The average molecular weight is 671 g/mol. The molecule has 0 aliphatic rings. The van der Waals surface area contributed by atoms with Gasteiger partial charge in [0, 0.05) is 24.2 Å². The lowest BCUT2D eigenvalue weighted by molar-refractivity contribution is -0.139. The fraction of sp³-hybridized carbons (Fsp3) is 0.333. The molecule has 0 bridgehead atoms. The molecule has 0 fully saturated rings. The molecule has 0 aromatic heterocycles. The zero-order valence-corrected chi connectivity index (χ0v) is 27.5. The molecule has 0 aliphatic heterocycles. The monoisotopic (exact) mass is 669 g/mol. The number of carbonyl (C=O) groups excluding carboxylic acids is 2. The Morgan fingerprint density at radius 1 is 0.860 bits per heavy atom. The Kier molecular flexibility index (Phi) is 12.0. The van der Waals surface area contributed by atoms with Crippen molar-refractivity contribution in [3.8, 4) is 11.5 Å². The van der Waals surface area contributed by atoms with Gasteiger partial charge in [-0.2, -0.15) is 0 Å². The summed E-state index contributed by atoms with van der Waals surface area (Å²) in [5.74, 6) is -0.296. The number of amides is 2. The molecule has 0 spiro atoms. The van der Waals surface area contributed by atoms with Crippen LogP contribution in [-0.4, -0.2) is 58.5 Å². The third-order valence-corrected chi connectivity index (χ3v) is 9.29. The molecule has 13 heteroatoms. The summed E-state index contributed by atoms with van der Waals surface area (Å²) < 4.78 is 39.7. The highest BCUT2D eigenvalue weighted by molar-refractivity contribution is 7.92. The van der Waals surface area contributed by atoms with E-state index in [0.717, 1.165) is 4.31 Å². The number of nitrogens with one attached hydrogen (secondary N) is 1. The van der Waals surface area contributed by atoms with Crippen LogP contribution in [0.1, 0.15) is 26.3 Å². The van der Waals surface area contributed by atoms with Gasteiger partial charge < -0.3 is 19.7 Å². The summed E-state index contributed by atoms with van der Waals surface area (Å²) in [7, 11) is -1.51. The Morgan fingerprint density at radius 2 is 1.51 bits per heavy atom. The Balaban J connectivity index is 2.06. The molecule has 1 N–H and O–H groups in total. The van der Waals surface area contributed by atoms with Gasteiger partial charge in [-0.1, -0.05) is 54.7 Å². The molecular weight excluding hydrogens is 637 g/mol. The average Bonchev–Trinajstić information content (AvgIpc) is 2.98. The van der Waals surface area contributed by atoms with Gasteiger partial charge in [0.25, 0.3) is 10.0 Å². The fourth-order valence-corrected chi connectivity index (χ4v) is 5.99. The number of sulfonamides is 1. The molecule has 0 aliphatic carbocycles. The van der Waals surface area contributed by atoms with Crippen molar-refractivity contribution < 1.29 is 27.5 Å². The van der Waals surface area contributed by atoms with Gasteiger partial charge in [-0.05, 0) is 66.9 Å². The largest absolute Gasteiger partial charge is 0.493 e. The van der Waals surface area contributed by atoms with Gasteiger partial charge >= 0.3 is 0 Å². The molecule has 43 heavy (non-hydrogen) atoms. The summed E-state index contributed by atoms with van der Waals surface area (Å²) in [6.45, 7) is 5.24. The summed E-state index contributed by atoms with van der Waals surface area (Å²) in [5, 5.41) is 3.84. The van der Waals surface area contributed by atoms with Gasteiger partial charge in [-0.3, -0.25) is 13.9 Å². The standard InChI is InChI=1S/C30H34Cl3N3O6S/c1-19(2)16-34-30(38)20(3)35(17-21-6-12-25(32)26(33)14-21)29(37)18-36(23-9-7-22(31)8-10-23)43(39,40)24-11-13-27(41-4)28(15-24)42-5/h6-15,19-20H,16-18H2,1-5H3,(H,34,38)/t20-/m0/s1. The Labute approximate surface area is 267 Å². The second-order valence-electron chi connectivity index (χ2n) is 10.1. The van der Waals surface area contributed by atoms with Crippen molar-refractivity contribution in [3.05, 3.63) is 81.3 Å². The number of hydrogen-bond donors (Lipinski definition) is 1. The molecule has 3 aromatic carbocycles. The van der Waals surface area contributed by atoms with Gasteiger partial charge in [0.15, 0.2) is 11.5 Å². The van der Waals surface area contributed by atoms with Crippen molar-refractivity contribution in [2.24, 2.45) is 5.92 Å². The third kappa shape index (κ3) is 8.69. The van der Waals surface area contributed by atoms with Crippen molar-refractivity contribution in [1.82, 2.24) is 10.2 Å². The first-order chi connectivity index (χ1) is 20.3. The minimum atomic E-state index is -4.34.